The molecule has 0 aliphatic carbocycles. The number of benzene rings is 3. The number of para-hydroxylation sites is 1. The summed E-state index contributed by atoms with van der Waals surface area (Å²) in [4.78, 5) is 36.4. The highest BCUT2D eigenvalue weighted by Gasteiger charge is 2.14. The Kier molecular flexibility index (Phi) is 7.59. The fraction of sp³-hybridized carbons (Fsp3) is 0.0435. The first kappa shape index (κ1) is 23.0. The van der Waals surface area contributed by atoms with Crippen molar-refractivity contribution in [3.8, 4) is 5.75 Å². The van der Waals surface area contributed by atoms with E-state index < -0.39 is 17.8 Å². The summed E-state index contributed by atoms with van der Waals surface area (Å²) < 4.78 is 5.45. The van der Waals surface area contributed by atoms with E-state index in [0.717, 1.165) is 5.56 Å². The van der Waals surface area contributed by atoms with E-state index in [1.807, 2.05) is 13.0 Å². The highest BCUT2D eigenvalue weighted by molar-refractivity contribution is 6.43. The average molecular weight is 470 g/mol. The Morgan fingerprint density at radius 3 is 2.44 bits per heavy atom. The van der Waals surface area contributed by atoms with Crippen LogP contribution in [0.1, 0.15) is 21.5 Å². The van der Waals surface area contributed by atoms with E-state index in [9.17, 15) is 14.4 Å². The van der Waals surface area contributed by atoms with Gasteiger partial charge in [-0.3, -0.25) is 9.59 Å². The summed E-state index contributed by atoms with van der Waals surface area (Å²) in [6, 6.07) is 18.0. The van der Waals surface area contributed by atoms with E-state index in [2.05, 4.69) is 15.8 Å². The number of aryl methyl sites for hydroxylation is 1. The van der Waals surface area contributed by atoms with Crippen LogP contribution in [0.3, 0.4) is 0 Å². The Morgan fingerprint density at radius 2 is 1.69 bits per heavy atom. The molecule has 0 saturated heterocycles. The van der Waals surface area contributed by atoms with Crippen molar-refractivity contribution in [3.63, 3.8) is 0 Å². The van der Waals surface area contributed by atoms with Gasteiger partial charge in [0.25, 0.3) is 0 Å². The molecule has 9 heteroatoms. The molecular formula is C23H17Cl2N3O4. The Bertz CT molecular complexity index is 1210. The number of carbonyl (C=O) groups is 3. The average Bonchev–Trinajstić information content (AvgIpc) is 2.77. The van der Waals surface area contributed by atoms with Crippen LogP contribution in [-0.4, -0.2) is 24.0 Å². The summed E-state index contributed by atoms with van der Waals surface area (Å²) in [6.45, 7) is 1.87. The molecule has 0 aromatic heterocycles. The highest BCUT2D eigenvalue weighted by Crippen LogP contribution is 2.25. The minimum Gasteiger partial charge on any atom is -0.422 e. The predicted octanol–water partition coefficient (Wildman–Crippen LogP) is 4.61. The first-order valence-electron chi connectivity index (χ1n) is 9.31. The van der Waals surface area contributed by atoms with E-state index >= 15 is 0 Å². The lowest BCUT2D eigenvalue weighted by atomic mass is 10.1. The van der Waals surface area contributed by atoms with E-state index in [4.69, 9.17) is 27.9 Å². The van der Waals surface area contributed by atoms with Crippen LogP contribution in [0.25, 0.3) is 0 Å². The first-order valence-corrected chi connectivity index (χ1v) is 10.1. The third-order valence-electron chi connectivity index (χ3n) is 4.13. The van der Waals surface area contributed by atoms with Gasteiger partial charge in [0.2, 0.25) is 0 Å². The van der Waals surface area contributed by atoms with Crippen LogP contribution in [0.5, 0.6) is 5.75 Å². The van der Waals surface area contributed by atoms with Crippen molar-refractivity contribution in [1.29, 1.82) is 0 Å². The molecule has 2 N–H and O–H groups in total. The van der Waals surface area contributed by atoms with Crippen molar-refractivity contribution < 1.29 is 19.1 Å². The van der Waals surface area contributed by atoms with Gasteiger partial charge in [0, 0.05) is 11.3 Å². The zero-order valence-electron chi connectivity index (χ0n) is 16.8. The fourth-order valence-electron chi connectivity index (χ4n) is 2.58. The quantitative estimate of drug-likeness (QED) is 0.187. The minimum atomic E-state index is -0.999. The lowest BCUT2D eigenvalue weighted by Crippen LogP contribution is -2.32. The van der Waals surface area contributed by atoms with E-state index in [1.54, 1.807) is 42.5 Å². The number of hydrogen-bond acceptors (Lipinski definition) is 5. The number of ether oxygens (including phenoxy) is 1. The van der Waals surface area contributed by atoms with Gasteiger partial charge >= 0.3 is 17.8 Å². The number of amides is 2. The van der Waals surface area contributed by atoms with Crippen molar-refractivity contribution in [2.45, 2.75) is 6.92 Å². The van der Waals surface area contributed by atoms with Gasteiger partial charge in [0.15, 0.2) is 0 Å². The molecule has 3 aromatic carbocycles. The second-order valence-corrected chi connectivity index (χ2v) is 7.39. The van der Waals surface area contributed by atoms with Crippen LogP contribution in [-0.2, 0) is 9.59 Å². The van der Waals surface area contributed by atoms with E-state index in [0.29, 0.717) is 21.8 Å². The zero-order chi connectivity index (χ0) is 23.1. The molecule has 0 aliphatic rings. The van der Waals surface area contributed by atoms with Crippen LogP contribution in [0.4, 0.5) is 5.69 Å². The molecule has 0 heterocycles. The standard InChI is InChI=1S/C23H17Cl2N3O4/c1-14-5-4-7-15(11-14)23(31)32-20-8-3-2-6-16(20)13-26-28-22(30)21(29)27-17-9-10-18(24)19(25)12-17/h2-13H,1H3,(H,27,29)(H,28,30). The maximum Gasteiger partial charge on any atom is 0.343 e. The lowest BCUT2D eigenvalue weighted by molar-refractivity contribution is -0.136. The summed E-state index contributed by atoms with van der Waals surface area (Å²) in [5.74, 6) is -2.22. The molecule has 0 unspecified atom stereocenters. The van der Waals surface area contributed by atoms with Crippen LogP contribution < -0.4 is 15.5 Å². The second kappa shape index (κ2) is 10.6. The summed E-state index contributed by atoms with van der Waals surface area (Å²) in [7, 11) is 0. The summed E-state index contributed by atoms with van der Waals surface area (Å²) in [6.07, 6.45) is 1.27. The number of anilines is 1. The van der Waals surface area contributed by atoms with Crippen molar-refractivity contribution in [2.24, 2.45) is 5.10 Å². The van der Waals surface area contributed by atoms with Gasteiger partial charge < -0.3 is 10.1 Å². The predicted molar refractivity (Wildman–Crippen MR) is 123 cm³/mol. The van der Waals surface area contributed by atoms with Crippen molar-refractivity contribution >= 4 is 52.9 Å². The molecule has 3 aromatic rings. The topological polar surface area (TPSA) is 96.9 Å². The summed E-state index contributed by atoms with van der Waals surface area (Å²) in [5, 5.41) is 6.70. The van der Waals surface area contributed by atoms with Crippen LogP contribution >= 0.6 is 23.2 Å². The van der Waals surface area contributed by atoms with Crippen molar-refractivity contribution in [2.75, 3.05) is 5.32 Å². The highest BCUT2D eigenvalue weighted by atomic mass is 35.5. The maximum absolute atomic E-state index is 12.4. The number of esters is 1. The Morgan fingerprint density at radius 1 is 0.906 bits per heavy atom. The van der Waals surface area contributed by atoms with Crippen molar-refractivity contribution in [1.82, 2.24) is 5.43 Å². The van der Waals surface area contributed by atoms with E-state index in [-0.39, 0.29) is 10.8 Å². The monoisotopic (exact) mass is 469 g/mol. The second-order valence-electron chi connectivity index (χ2n) is 6.58. The molecule has 0 fully saturated rings. The molecule has 32 heavy (non-hydrogen) atoms. The Balaban J connectivity index is 1.62. The number of nitrogens with one attached hydrogen (secondary N) is 2. The SMILES string of the molecule is Cc1cccc(C(=O)Oc2ccccc2C=NNC(=O)C(=O)Nc2ccc(Cl)c(Cl)c2)c1. The molecule has 0 bridgehead atoms. The Labute approximate surface area is 194 Å². The van der Waals surface area contributed by atoms with Crippen LogP contribution in [0, 0.1) is 6.92 Å². The number of nitrogens with zero attached hydrogens (tertiary/aromatic N) is 1. The molecule has 7 nitrogen and oxygen atoms in total. The molecule has 0 radical (unpaired) electrons. The van der Waals surface area contributed by atoms with E-state index in [1.165, 1.54) is 24.4 Å². The van der Waals surface area contributed by atoms with Crippen molar-refractivity contribution in [3.05, 3.63) is 93.5 Å². The number of rotatable bonds is 5. The number of halogens is 2. The van der Waals surface area contributed by atoms with Gasteiger partial charge in [-0.1, -0.05) is 53.0 Å². The molecule has 0 spiro atoms. The number of carbonyl (C=O) groups excluding carboxylic acids is 3. The fourth-order valence-corrected chi connectivity index (χ4v) is 2.88. The smallest absolute Gasteiger partial charge is 0.343 e. The lowest BCUT2D eigenvalue weighted by Gasteiger charge is -2.08. The molecule has 3 rings (SSSR count). The normalized spacial score (nSPS) is 10.6. The summed E-state index contributed by atoms with van der Waals surface area (Å²) >= 11 is 11.7. The third-order valence-corrected chi connectivity index (χ3v) is 4.87. The van der Waals surface area contributed by atoms with Gasteiger partial charge in [-0.15, -0.1) is 0 Å². The number of hydrazone groups is 1. The van der Waals surface area contributed by atoms with Crippen LogP contribution in [0.2, 0.25) is 10.0 Å². The van der Waals surface area contributed by atoms with Crippen LogP contribution in [0.15, 0.2) is 71.8 Å². The Hall–Kier alpha value is -3.68. The minimum absolute atomic E-state index is 0.236. The largest absolute Gasteiger partial charge is 0.422 e. The third kappa shape index (κ3) is 6.16. The molecule has 2 amide bonds. The first-order chi connectivity index (χ1) is 15.3. The van der Waals surface area contributed by atoms with Gasteiger partial charge in [0.1, 0.15) is 5.75 Å². The molecule has 0 aliphatic heterocycles. The molecule has 0 atom stereocenters. The van der Waals surface area contributed by atoms with Gasteiger partial charge in [0.05, 0.1) is 21.8 Å². The number of hydrogen-bond donors (Lipinski definition) is 2. The summed E-state index contributed by atoms with van der Waals surface area (Å²) in [5.41, 5.74) is 4.18. The molecule has 0 saturated carbocycles. The maximum atomic E-state index is 12.4. The molecule has 162 valence electrons. The zero-order valence-corrected chi connectivity index (χ0v) is 18.3. The van der Waals surface area contributed by atoms with Gasteiger partial charge in [-0.05, 0) is 49.4 Å². The van der Waals surface area contributed by atoms with Gasteiger partial charge in [-0.25, -0.2) is 10.2 Å². The van der Waals surface area contributed by atoms with Gasteiger partial charge in [-0.2, -0.15) is 5.10 Å². The molecular weight excluding hydrogens is 453 g/mol.